The highest BCUT2D eigenvalue weighted by molar-refractivity contribution is 6.35. The lowest BCUT2D eigenvalue weighted by molar-refractivity contribution is -0.141. The molecule has 0 aromatic rings. The maximum atomic E-state index is 12.3. The molecule has 1 rings (SSSR count). The van der Waals surface area contributed by atoms with Crippen molar-refractivity contribution in [1.82, 2.24) is 26.8 Å². The van der Waals surface area contributed by atoms with E-state index in [9.17, 15) is 19.2 Å². The van der Waals surface area contributed by atoms with Gasteiger partial charge >= 0.3 is 11.8 Å². The van der Waals surface area contributed by atoms with Crippen LogP contribution >= 0.6 is 0 Å². The molecule has 0 bridgehead atoms. The van der Waals surface area contributed by atoms with E-state index in [1.807, 2.05) is 0 Å². The zero-order valence-electron chi connectivity index (χ0n) is 23.3. The molecule has 0 atom stereocenters. The van der Waals surface area contributed by atoms with E-state index in [0.717, 1.165) is 32.1 Å². The van der Waals surface area contributed by atoms with Gasteiger partial charge in [-0.05, 0) is 47.0 Å². The summed E-state index contributed by atoms with van der Waals surface area (Å²) in [7, 11) is 0. The van der Waals surface area contributed by atoms with Crippen molar-refractivity contribution >= 4 is 23.6 Å². The van der Waals surface area contributed by atoms with Gasteiger partial charge < -0.3 is 16.0 Å². The lowest BCUT2D eigenvalue weighted by Gasteiger charge is -2.46. The number of piperidine rings is 1. The summed E-state index contributed by atoms with van der Waals surface area (Å²) in [4.78, 5) is 48.0. The van der Waals surface area contributed by atoms with Crippen molar-refractivity contribution in [3.63, 3.8) is 0 Å². The second kappa shape index (κ2) is 16.6. The highest BCUT2D eigenvalue weighted by Gasteiger charge is 2.38. The molecule has 0 radical (unpaired) electrons. The fourth-order valence-electron chi connectivity index (χ4n) is 5.09. The number of amides is 4. The zero-order valence-corrected chi connectivity index (χ0v) is 23.3. The smallest absolute Gasteiger partial charge is 0.327 e. The van der Waals surface area contributed by atoms with Gasteiger partial charge in [0, 0.05) is 36.5 Å². The number of nitrogens with one attached hydrogen (secondary N) is 5. The van der Waals surface area contributed by atoms with Gasteiger partial charge in [-0.25, -0.2) is 0 Å². The normalized spacial score (nSPS) is 16.7. The van der Waals surface area contributed by atoms with E-state index in [1.54, 1.807) is 0 Å². The quantitative estimate of drug-likeness (QED) is 0.131. The van der Waals surface area contributed by atoms with Crippen molar-refractivity contribution in [1.29, 1.82) is 0 Å². The Morgan fingerprint density at radius 3 is 1.75 bits per heavy atom. The van der Waals surface area contributed by atoms with Crippen LogP contribution < -0.4 is 26.8 Å². The first-order chi connectivity index (χ1) is 16.9. The number of carbonyl (C=O) groups is 4. The maximum absolute atomic E-state index is 12.3. The standard InChI is InChI=1S/C27H51N5O4/c1-6-7-8-9-10-11-12-13-14-15-18-28-24(35)25(36)31-30-23(34)17-16-22(33)29-21-19-26(2,3)32-27(4,5)20-21/h21,32H,6-20H2,1-5H3,(H,28,35)(H,29,33)(H,30,34)(H,31,36). The summed E-state index contributed by atoms with van der Waals surface area (Å²) in [6.07, 6.45) is 13.5. The van der Waals surface area contributed by atoms with Crippen molar-refractivity contribution < 1.29 is 19.2 Å². The molecule has 1 fully saturated rings. The van der Waals surface area contributed by atoms with Gasteiger partial charge in [-0.15, -0.1) is 0 Å². The molecule has 9 heteroatoms. The summed E-state index contributed by atoms with van der Waals surface area (Å²) in [6.45, 7) is 11.1. The van der Waals surface area contributed by atoms with Crippen LogP contribution in [0.3, 0.4) is 0 Å². The predicted molar refractivity (Wildman–Crippen MR) is 143 cm³/mol. The van der Waals surface area contributed by atoms with E-state index in [2.05, 4.69) is 61.4 Å². The monoisotopic (exact) mass is 509 g/mol. The van der Waals surface area contributed by atoms with Gasteiger partial charge in [0.15, 0.2) is 0 Å². The van der Waals surface area contributed by atoms with Gasteiger partial charge in [0.25, 0.3) is 0 Å². The highest BCUT2D eigenvalue weighted by atomic mass is 16.2. The number of unbranched alkanes of at least 4 members (excludes halogenated alkanes) is 9. The summed E-state index contributed by atoms with van der Waals surface area (Å²) >= 11 is 0. The molecule has 36 heavy (non-hydrogen) atoms. The minimum atomic E-state index is -0.918. The number of hydrogen-bond acceptors (Lipinski definition) is 5. The first-order valence-electron chi connectivity index (χ1n) is 13.9. The first-order valence-corrected chi connectivity index (χ1v) is 13.9. The molecule has 1 aliphatic rings. The number of carbonyl (C=O) groups excluding carboxylic acids is 4. The van der Waals surface area contributed by atoms with E-state index in [1.165, 1.54) is 44.9 Å². The molecule has 1 saturated heterocycles. The van der Waals surface area contributed by atoms with Crippen molar-refractivity contribution in [3.05, 3.63) is 0 Å². The van der Waals surface area contributed by atoms with Crippen molar-refractivity contribution in [2.75, 3.05) is 6.54 Å². The van der Waals surface area contributed by atoms with Crippen molar-refractivity contribution in [2.45, 2.75) is 142 Å². The topological polar surface area (TPSA) is 128 Å². The molecule has 0 unspecified atom stereocenters. The average molecular weight is 510 g/mol. The third-order valence-corrected chi connectivity index (χ3v) is 6.47. The second-order valence-electron chi connectivity index (χ2n) is 11.5. The molecule has 0 aromatic carbocycles. The number of hydrazine groups is 1. The Morgan fingerprint density at radius 2 is 1.19 bits per heavy atom. The zero-order chi connectivity index (χ0) is 27.0. The molecular weight excluding hydrogens is 458 g/mol. The van der Waals surface area contributed by atoms with Crippen LogP contribution in [0.5, 0.6) is 0 Å². The molecular formula is C27H51N5O4. The largest absolute Gasteiger partial charge is 0.353 e. The summed E-state index contributed by atoms with van der Waals surface area (Å²) in [6, 6.07) is 0.0331. The maximum Gasteiger partial charge on any atom is 0.327 e. The molecule has 1 aliphatic heterocycles. The van der Waals surface area contributed by atoms with Gasteiger partial charge in [-0.1, -0.05) is 64.7 Å². The molecule has 0 spiro atoms. The molecule has 0 aromatic heterocycles. The van der Waals surface area contributed by atoms with Crippen LogP contribution in [-0.4, -0.2) is 47.3 Å². The average Bonchev–Trinajstić information content (AvgIpc) is 2.77. The van der Waals surface area contributed by atoms with E-state index in [4.69, 9.17) is 0 Å². The van der Waals surface area contributed by atoms with Crippen LogP contribution in [0.1, 0.15) is 125 Å². The molecule has 0 aliphatic carbocycles. The third kappa shape index (κ3) is 15.1. The molecule has 1 heterocycles. The Balaban J connectivity index is 2.10. The molecule has 4 amide bonds. The van der Waals surface area contributed by atoms with Gasteiger partial charge in [0.05, 0.1) is 0 Å². The van der Waals surface area contributed by atoms with Crippen molar-refractivity contribution in [3.8, 4) is 0 Å². The molecule has 9 nitrogen and oxygen atoms in total. The van der Waals surface area contributed by atoms with E-state index >= 15 is 0 Å². The first kappa shape index (κ1) is 31.9. The van der Waals surface area contributed by atoms with Gasteiger partial charge in [-0.3, -0.25) is 30.0 Å². The van der Waals surface area contributed by atoms with Gasteiger partial charge in [0.2, 0.25) is 11.8 Å². The Bertz CT molecular complexity index is 692. The van der Waals surface area contributed by atoms with Crippen molar-refractivity contribution in [2.24, 2.45) is 0 Å². The SMILES string of the molecule is CCCCCCCCCCCCNC(=O)C(=O)NNC(=O)CCC(=O)NC1CC(C)(C)NC(C)(C)C1. The van der Waals surface area contributed by atoms with Gasteiger partial charge in [0.1, 0.15) is 0 Å². The Hall–Kier alpha value is -2.16. The fraction of sp³-hybridized carbons (Fsp3) is 0.852. The summed E-state index contributed by atoms with van der Waals surface area (Å²) in [5, 5.41) is 9.15. The van der Waals surface area contributed by atoms with Crippen LogP contribution in [-0.2, 0) is 19.2 Å². The lowest BCUT2D eigenvalue weighted by Crippen LogP contribution is -2.62. The van der Waals surface area contributed by atoms with Crippen LogP contribution in [0.4, 0.5) is 0 Å². The predicted octanol–water partition coefficient (Wildman–Crippen LogP) is 3.38. The van der Waals surface area contributed by atoms with Crippen LogP contribution in [0.2, 0.25) is 0 Å². The van der Waals surface area contributed by atoms with Crippen LogP contribution in [0, 0.1) is 0 Å². The van der Waals surface area contributed by atoms with E-state index in [-0.39, 0.29) is 35.9 Å². The summed E-state index contributed by atoms with van der Waals surface area (Å²) in [5.41, 5.74) is 4.13. The van der Waals surface area contributed by atoms with Crippen LogP contribution in [0.15, 0.2) is 0 Å². The Morgan fingerprint density at radius 1 is 0.694 bits per heavy atom. The van der Waals surface area contributed by atoms with Gasteiger partial charge in [-0.2, -0.15) is 0 Å². The summed E-state index contributed by atoms with van der Waals surface area (Å²) in [5.74, 6) is -2.42. The van der Waals surface area contributed by atoms with E-state index in [0.29, 0.717) is 6.54 Å². The summed E-state index contributed by atoms with van der Waals surface area (Å²) < 4.78 is 0. The fourth-order valence-corrected chi connectivity index (χ4v) is 5.09. The highest BCUT2D eigenvalue weighted by Crippen LogP contribution is 2.28. The minimum Gasteiger partial charge on any atom is -0.353 e. The third-order valence-electron chi connectivity index (χ3n) is 6.47. The lowest BCUT2D eigenvalue weighted by atomic mass is 9.79. The minimum absolute atomic E-state index is 0.0113. The molecule has 208 valence electrons. The molecule has 0 saturated carbocycles. The van der Waals surface area contributed by atoms with Crippen LogP contribution in [0.25, 0.3) is 0 Å². The number of rotatable bonds is 15. The van der Waals surface area contributed by atoms with E-state index < -0.39 is 17.7 Å². The Labute approximate surface area is 218 Å². The number of hydrogen-bond donors (Lipinski definition) is 5. The Kier molecular flexibility index (Phi) is 14.7. The molecule has 5 N–H and O–H groups in total. The second-order valence-corrected chi connectivity index (χ2v) is 11.5.